The van der Waals surface area contributed by atoms with Crippen LogP contribution in [0.15, 0.2) is 59.6 Å². The molecule has 136 valence electrons. The van der Waals surface area contributed by atoms with Gasteiger partial charge >= 0.3 is 0 Å². The van der Waals surface area contributed by atoms with Gasteiger partial charge in [0.1, 0.15) is 0 Å². The van der Waals surface area contributed by atoms with Gasteiger partial charge in [-0.05, 0) is 23.3 Å². The molecule has 0 unspecified atom stereocenters. The van der Waals surface area contributed by atoms with E-state index in [1.54, 1.807) is 11.8 Å². The molecule has 0 radical (unpaired) electrons. The molecule has 0 spiro atoms. The monoisotopic (exact) mass is 406 g/mol. The molecule has 26 heavy (non-hydrogen) atoms. The number of hydrogen-bond acceptors (Lipinski definition) is 5. The molecule has 1 fully saturated rings. The van der Waals surface area contributed by atoms with Crippen molar-refractivity contribution in [3.8, 4) is 0 Å². The molecule has 2 aromatic rings. The SMILES string of the molecule is O=S1(=O)C[C@H]2N=C(SCc3ccccc3)N(Cc3ccc(Cl)cc3)[C@H]2C1. The Kier molecular flexibility index (Phi) is 4.99. The molecule has 0 aliphatic carbocycles. The Morgan fingerprint density at radius 1 is 1.04 bits per heavy atom. The van der Waals surface area contributed by atoms with E-state index in [0.717, 1.165) is 16.5 Å². The van der Waals surface area contributed by atoms with E-state index in [9.17, 15) is 8.42 Å². The van der Waals surface area contributed by atoms with Crippen molar-refractivity contribution >= 4 is 38.4 Å². The molecule has 2 atom stereocenters. The molecule has 0 N–H and O–H groups in total. The van der Waals surface area contributed by atoms with Crippen molar-refractivity contribution < 1.29 is 8.42 Å². The molecular formula is C19H19ClN2O2S2. The Labute approximate surface area is 163 Å². The average molecular weight is 407 g/mol. The van der Waals surface area contributed by atoms with Crippen LogP contribution in [-0.2, 0) is 22.1 Å². The molecule has 2 aliphatic heterocycles. The molecule has 0 aromatic heterocycles. The first-order valence-corrected chi connectivity index (χ1v) is 11.6. The zero-order chi connectivity index (χ0) is 18.1. The van der Waals surface area contributed by atoms with E-state index >= 15 is 0 Å². The van der Waals surface area contributed by atoms with Gasteiger partial charge in [-0.1, -0.05) is 65.8 Å². The first-order chi connectivity index (χ1) is 12.5. The summed E-state index contributed by atoms with van der Waals surface area (Å²) < 4.78 is 24.1. The number of fused-ring (bicyclic) bond motifs is 1. The molecule has 0 bridgehead atoms. The van der Waals surface area contributed by atoms with E-state index in [1.807, 2.05) is 42.5 Å². The third-order valence-electron chi connectivity index (χ3n) is 4.69. The summed E-state index contributed by atoms with van der Waals surface area (Å²) in [5.74, 6) is 1.16. The van der Waals surface area contributed by atoms with Crippen molar-refractivity contribution in [2.45, 2.75) is 24.4 Å². The second-order valence-corrected chi connectivity index (χ2v) is 10.2. The maximum absolute atomic E-state index is 12.1. The normalized spacial score (nSPS) is 23.7. The summed E-state index contributed by atoms with van der Waals surface area (Å²) in [6.07, 6.45) is 0. The Bertz CT molecular complexity index is 914. The first-order valence-electron chi connectivity index (χ1n) is 8.46. The van der Waals surface area contributed by atoms with Crippen LogP contribution in [0.1, 0.15) is 11.1 Å². The van der Waals surface area contributed by atoms with Crippen LogP contribution in [-0.4, -0.2) is 42.1 Å². The lowest BCUT2D eigenvalue weighted by Gasteiger charge is -2.26. The Morgan fingerprint density at radius 3 is 2.50 bits per heavy atom. The fourth-order valence-electron chi connectivity index (χ4n) is 3.40. The zero-order valence-corrected chi connectivity index (χ0v) is 16.5. The quantitative estimate of drug-likeness (QED) is 0.778. The summed E-state index contributed by atoms with van der Waals surface area (Å²) in [5.41, 5.74) is 2.34. The smallest absolute Gasteiger partial charge is 0.160 e. The Morgan fingerprint density at radius 2 is 1.77 bits per heavy atom. The summed E-state index contributed by atoms with van der Waals surface area (Å²) in [6, 6.07) is 17.7. The van der Waals surface area contributed by atoms with E-state index < -0.39 is 9.84 Å². The molecule has 0 saturated carbocycles. The number of rotatable bonds is 4. The first kappa shape index (κ1) is 17.9. The molecule has 4 nitrogen and oxygen atoms in total. The lowest BCUT2D eigenvalue weighted by molar-refractivity contribution is 0.343. The Hall–Kier alpha value is -1.50. The average Bonchev–Trinajstić information content (AvgIpc) is 3.08. The number of sulfone groups is 1. The van der Waals surface area contributed by atoms with Gasteiger partial charge in [-0.15, -0.1) is 0 Å². The second-order valence-electron chi connectivity index (χ2n) is 6.65. The van der Waals surface area contributed by atoms with Crippen molar-refractivity contribution in [2.75, 3.05) is 11.5 Å². The van der Waals surface area contributed by atoms with Crippen LogP contribution in [0.2, 0.25) is 5.02 Å². The predicted molar refractivity (Wildman–Crippen MR) is 108 cm³/mol. The van der Waals surface area contributed by atoms with Gasteiger partial charge in [-0.2, -0.15) is 0 Å². The van der Waals surface area contributed by atoms with E-state index in [-0.39, 0.29) is 23.6 Å². The van der Waals surface area contributed by atoms with Crippen LogP contribution in [0, 0.1) is 0 Å². The number of hydrogen-bond donors (Lipinski definition) is 0. The van der Waals surface area contributed by atoms with Crippen LogP contribution < -0.4 is 0 Å². The standard InChI is InChI=1S/C19H19ClN2O2S2/c20-16-8-6-14(7-9-16)10-22-18-13-26(23,24)12-17(18)21-19(22)25-11-15-4-2-1-3-5-15/h1-9,17-18H,10-13H2/t17-,18+/m1/s1. The van der Waals surface area contributed by atoms with Crippen LogP contribution in [0.4, 0.5) is 0 Å². The summed E-state index contributed by atoms with van der Waals surface area (Å²) in [5, 5.41) is 1.64. The number of nitrogens with zero attached hydrogens (tertiary/aromatic N) is 2. The highest BCUT2D eigenvalue weighted by Crippen LogP contribution is 2.33. The lowest BCUT2D eigenvalue weighted by Crippen LogP contribution is -2.38. The van der Waals surface area contributed by atoms with Crippen LogP contribution >= 0.6 is 23.4 Å². The highest BCUT2D eigenvalue weighted by molar-refractivity contribution is 8.13. The number of amidine groups is 1. The Balaban J connectivity index is 1.54. The second kappa shape index (κ2) is 7.25. The summed E-state index contributed by atoms with van der Waals surface area (Å²) in [7, 11) is -3.01. The molecule has 2 heterocycles. The summed E-state index contributed by atoms with van der Waals surface area (Å²) in [4.78, 5) is 6.91. The van der Waals surface area contributed by atoms with E-state index in [2.05, 4.69) is 17.0 Å². The van der Waals surface area contributed by atoms with Gasteiger partial charge in [0, 0.05) is 17.3 Å². The number of benzene rings is 2. The van der Waals surface area contributed by atoms with Gasteiger partial charge in [0.25, 0.3) is 0 Å². The maximum atomic E-state index is 12.1. The highest BCUT2D eigenvalue weighted by atomic mass is 35.5. The molecular weight excluding hydrogens is 388 g/mol. The van der Waals surface area contributed by atoms with Gasteiger partial charge < -0.3 is 4.90 Å². The van der Waals surface area contributed by atoms with Crippen LogP contribution in [0.25, 0.3) is 0 Å². The molecule has 4 rings (SSSR count). The molecule has 2 aromatic carbocycles. The minimum atomic E-state index is -3.01. The van der Waals surface area contributed by atoms with Crippen molar-refractivity contribution in [2.24, 2.45) is 4.99 Å². The fourth-order valence-corrected chi connectivity index (χ4v) is 6.47. The van der Waals surface area contributed by atoms with Crippen LogP contribution in [0.5, 0.6) is 0 Å². The van der Waals surface area contributed by atoms with Gasteiger partial charge in [0.15, 0.2) is 15.0 Å². The van der Waals surface area contributed by atoms with E-state index in [4.69, 9.17) is 16.6 Å². The summed E-state index contributed by atoms with van der Waals surface area (Å²) >= 11 is 7.66. The minimum absolute atomic E-state index is 0.0612. The topological polar surface area (TPSA) is 49.7 Å². The van der Waals surface area contributed by atoms with Gasteiger partial charge in [0.05, 0.1) is 23.6 Å². The third kappa shape index (κ3) is 3.92. The number of halogens is 1. The highest BCUT2D eigenvalue weighted by Gasteiger charge is 2.46. The molecule has 1 saturated heterocycles. The predicted octanol–water partition coefficient (Wildman–Crippen LogP) is 3.61. The number of thioether (sulfide) groups is 1. The molecule has 2 aliphatic rings. The maximum Gasteiger partial charge on any atom is 0.160 e. The molecule has 7 heteroatoms. The molecule has 0 amide bonds. The summed E-state index contributed by atoms with van der Waals surface area (Å²) in [6.45, 7) is 0.647. The van der Waals surface area contributed by atoms with Crippen molar-refractivity contribution in [1.82, 2.24) is 4.90 Å². The van der Waals surface area contributed by atoms with Crippen LogP contribution in [0.3, 0.4) is 0 Å². The number of aliphatic imine (C=N–C) groups is 1. The van der Waals surface area contributed by atoms with E-state index in [1.165, 1.54) is 5.56 Å². The van der Waals surface area contributed by atoms with Crippen molar-refractivity contribution in [1.29, 1.82) is 0 Å². The van der Waals surface area contributed by atoms with Gasteiger partial charge in [-0.25, -0.2) is 8.42 Å². The third-order valence-corrected chi connectivity index (χ3v) is 7.72. The van der Waals surface area contributed by atoms with Gasteiger partial charge in [-0.3, -0.25) is 4.99 Å². The van der Waals surface area contributed by atoms with Crippen molar-refractivity contribution in [3.05, 3.63) is 70.7 Å². The fraction of sp³-hybridized carbons (Fsp3) is 0.316. The van der Waals surface area contributed by atoms with Crippen molar-refractivity contribution in [3.63, 3.8) is 0 Å². The largest absolute Gasteiger partial charge is 0.341 e. The van der Waals surface area contributed by atoms with Gasteiger partial charge in [0.2, 0.25) is 0 Å². The van der Waals surface area contributed by atoms with E-state index in [0.29, 0.717) is 11.6 Å². The minimum Gasteiger partial charge on any atom is -0.341 e. The zero-order valence-electron chi connectivity index (χ0n) is 14.1. The lowest BCUT2D eigenvalue weighted by atomic mass is 10.1.